The van der Waals surface area contributed by atoms with E-state index in [4.69, 9.17) is 5.11 Å². The van der Waals surface area contributed by atoms with Crippen molar-refractivity contribution < 1.29 is 18.3 Å². The molecule has 1 heterocycles. The molecule has 0 spiro atoms. The maximum Gasteiger partial charge on any atom is 0.323 e. The number of carboxylic acid groups (broad SMARTS) is 1. The molecule has 0 saturated carbocycles. The highest BCUT2D eigenvalue weighted by atomic mass is 32.2. The molecule has 6 nitrogen and oxygen atoms in total. The number of amidine groups is 1. The molecule has 0 saturated heterocycles. The molecule has 96 valence electrons. The molecule has 0 aromatic heterocycles. The zero-order chi connectivity index (χ0) is 13.3. The fraction of sp³-hybridized carbons (Fsp3) is 0.273. The average molecular weight is 268 g/mol. The Bertz CT molecular complexity index is 622. The molecule has 18 heavy (non-hydrogen) atoms. The summed E-state index contributed by atoms with van der Waals surface area (Å²) in [6, 6.07) is 6.41. The number of fused-ring (bicyclic) bond motifs is 1. The van der Waals surface area contributed by atoms with Crippen LogP contribution in [-0.4, -0.2) is 43.3 Å². The van der Waals surface area contributed by atoms with E-state index in [1.54, 1.807) is 25.1 Å². The summed E-state index contributed by atoms with van der Waals surface area (Å²) in [7, 11) is -3.69. The molecule has 0 aliphatic carbocycles. The van der Waals surface area contributed by atoms with Gasteiger partial charge in [-0.1, -0.05) is 12.1 Å². The van der Waals surface area contributed by atoms with E-state index in [9.17, 15) is 13.2 Å². The number of hydrogen-bond donors (Lipinski definition) is 1. The van der Waals surface area contributed by atoms with Gasteiger partial charge in [0.1, 0.15) is 11.4 Å². The maximum atomic E-state index is 11.8. The minimum atomic E-state index is -3.69. The molecule has 1 N–H and O–H groups in total. The number of sulfonamides is 1. The zero-order valence-corrected chi connectivity index (χ0v) is 10.5. The van der Waals surface area contributed by atoms with Crippen LogP contribution in [0.1, 0.15) is 12.5 Å². The van der Waals surface area contributed by atoms with Gasteiger partial charge in [0.2, 0.25) is 0 Å². The van der Waals surface area contributed by atoms with E-state index in [-0.39, 0.29) is 17.3 Å². The van der Waals surface area contributed by atoms with Gasteiger partial charge < -0.3 is 10.0 Å². The topological polar surface area (TPSA) is 87.0 Å². The van der Waals surface area contributed by atoms with E-state index < -0.39 is 16.0 Å². The average Bonchev–Trinajstić information content (AvgIpc) is 2.59. The zero-order valence-electron chi connectivity index (χ0n) is 9.70. The molecule has 0 amide bonds. The third-order valence-electron chi connectivity index (χ3n) is 2.62. The predicted molar refractivity (Wildman–Crippen MR) is 65.0 cm³/mol. The van der Waals surface area contributed by atoms with Gasteiger partial charge >= 0.3 is 5.97 Å². The summed E-state index contributed by atoms with van der Waals surface area (Å²) < 4.78 is 27.3. The molecule has 0 radical (unpaired) electrons. The van der Waals surface area contributed by atoms with Crippen molar-refractivity contribution in [1.82, 2.24) is 4.90 Å². The summed E-state index contributed by atoms with van der Waals surface area (Å²) in [6.45, 7) is 1.84. The van der Waals surface area contributed by atoms with Crippen LogP contribution in [0.25, 0.3) is 0 Å². The first-order valence-corrected chi connectivity index (χ1v) is 6.81. The first kappa shape index (κ1) is 12.6. The minimum absolute atomic E-state index is 0.129. The Kier molecular flexibility index (Phi) is 3.08. The lowest BCUT2D eigenvalue weighted by molar-refractivity contribution is -0.137. The molecule has 0 unspecified atom stereocenters. The summed E-state index contributed by atoms with van der Waals surface area (Å²) in [4.78, 5) is 12.3. The number of likely N-dealkylation sites (N-methyl/N-ethyl adjacent to an activating group) is 1. The molecule has 7 heteroatoms. The first-order chi connectivity index (χ1) is 8.45. The first-order valence-electron chi connectivity index (χ1n) is 5.37. The Balaban J connectivity index is 2.50. The second kappa shape index (κ2) is 4.41. The van der Waals surface area contributed by atoms with E-state index in [1.807, 2.05) is 0 Å². The fourth-order valence-electron chi connectivity index (χ4n) is 1.82. The second-order valence-electron chi connectivity index (χ2n) is 3.79. The lowest BCUT2D eigenvalue weighted by Crippen LogP contribution is -2.35. The van der Waals surface area contributed by atoms with Gasteiger partial charge in [-0.3, -0.25) is 4.79 Å². The number of benzene rings is 1. The van der Waals surface area contributed by atoms with Gasteiger partial charge in [-0.15, -0.1) is 4.40 Å². The van der Waals surface area contributed by atoms with Crippen molar-refractivity contribution in [3.63, 3.8) is 0 Å². The van der Waals surface area contributed by atoms with Crippen molar-refractivity contribution in [3.8, 4) is 0 Å². The second-order valence-corrected chi connectivity index (χ2v) is 5.37. The molecule has 0 fully saturated rings. The van der Waals surface area contributed by atoms with Crippen LogP contribution in [0.3, 0.4) is 0 Å². The lowest BCUT2D eigenvalue weighted by Gasteiger charge is -2.20. The Morgan fingerprint density at radius 3 is 2.67 bits per heavy atom. The highest BCUT2D eigenvalue weighted by Crippen LogP contribution is 2.27. The number of hydrogen-bond acceptors (Lipinski definition) is 4. The summed E-state index contributed by atoms with van der Waals surface area (Å²) in [5.41, 5.74) is 0.459. The van der Waals surface area contributed by atoms with Crippen LogP contribution in [0.15, 0.2) is 33.6 Å². The Labute approximate surface area is 105 Å². The van der Waals surface area contributed by atoms with E-state index in [0.717, 1.165) is 0 Å². The quantitative estimate of drug-likeness (QED) is 0.864. The molecule has 0 atom stereocenters. The predicted octanol–water partition coefficient (Wildman–Crippen LogP) is 0.542. The van der Waals surface area contributed by atoms with Gasteiger partial charge in [0, 0.05) is 12.1 Å². The monoisotopic (exact) mass is 268 g/mol. The van der Waals surface area contributed by atoms with Gasteiger partial charge in [0.15, 0.2) is 5.84 Å². The number of nitrogens with zero attached hydrogens (tertiary/aromatic N) is 2. The highest BCUT2D eigenvalue weighted by Gasteiger charge is 2.31. The summed E-state index contributed by atoms with van der Waals surface area (Å²) >= 11 is 0. The van der Waals surface area contributed by atoms with Crippen LogP contribution >= 0.6 is 0 Å². The van der Waals surface area contributed by atoms with Crippen molar-refractivity contribution in [2.75, 3.05) is 13.1 Å². The number of carboxylic acids is 1. The Hall–Kier alpha value is -1.89. The molecule has 1 aromatic rings. The molecule has 1 aromatic carbocycles. The van der Waals surface area contributed by atoms with E-state index >= 15 is 0 Å². The van der Waals surface area contributed by atoms with Gasteiger partial charge in [-0.25, -0.2) is 0 Å². The van der Waals surface area contributed by atoms with Crippen LogP contribution in [0.2, 0.25) is 0 Å². The summed E-state index contributed by atoms with van der Waals surface area (Å²) in [6.07, 6.45) is 0. The maximum absolute atomic E-state index is 11.8. The van der Waals surface area contributed by atoms with E-state index in [0.29, 0.717) is 12.1 Å². The van der Waals surface area contributed by atoms with Crippen molar-refractivity contribution in [2.24, 2.45) is 4.40 Å². The molecule has 0 bridgehead atoms. The van der Waals surface area contributed by atoms with Crippen LogP contribution in [0, 0.1) is 0 Å². The fourth-order valence-corrected chi connectivity index (χ4v) is 3.04. The highest BCUT2D eigenvalue weighted by molar-refractivity contribution is 7.90. The van der Waals surface area contributed by atoms with Crippen molar-refractivity contribution in [3.05, 3.63) is 29.8 Å². The SMILES string of the molecule is CCN(CC(=O)O)C1=NS(=O)(=O)c2ccccc21. The van der Waals surface area contributed by atoms with Crippen LogP contribution in [0.5, 0.6) is 0 Å². The van der Waals surface area contributed by atoms with Crippen molar-refractivity contribution in [2.45, 2.75) is 11.8 Å². The smallest absolute Gasteiger partial charge is 0.323 e. The number of carbonyl (C=O) groups is 1. The molecular formula is C11H12N2O4S. The van der Waals surface area contributed by atoms with Crippen LogP contribution in [0.4, 0.5) is 0 Å². The molecular weight excluding hydrogens is 256 g/mol. The molecule has 2 rings (SSSR count). The normalized spacial score (nSPS) is 15.9. The van der Waals surface area contributed by atoms with E-state index in [1.165, 1.54) is 11.0 Å². The van der Waals surface area contributed by atoms with Gasteiger partial charge in [-0.05, 0) is 19.1 Å². The number of aliphatic carboxylic acids is 1. The van der Waals surface area contributed by atoms with Gasteiger partial charge in [-0.2, -0.15) is 8.42 Å². The van der Waals surface area contributed by atoms with Crippen LogP contribution < -0.4 is 0 Å². The largest absolute Gasteiger partial charge is 0.480 e. The molecule has 1 aliphatic heterocycles. The van der Waals surface area contributed by atoms with E-state index in [2.05, 4.69) is 4.40 Å². The summed E-state index contributed by atoms with van der Waals surface area (Å²) in [5, 5.41) is 8.81. The van der Waals surface area contributed by atoms with Gasteiger partial charge in [0.25, 0.3) is 10.0 Å². The Morgan fingerprint density at radius 2 is 2.06 bits per heavy atom. The standard InChI is InChI=1S/C11H12N2O4S/c1-2-13(7-10(14)15)11-8-5-3-4-6-9(8)18(16,17)12-11/h3-6H,2,7H2,1H3,(H,14,15). The lowest BCUT2D eigenvalue weighted by atomic mass is 10.2. The third-order valence-corrected chi connectivity index (χ3v) is 3.94. The molecule has 1 aliphatic rings. The minimum Gasteiger partial charge on any atom is -0.480 e. The summed E-state index contributed by atoms with van der Waals surface area (Å²) in [5.74, 6) is -0.822. The third kappa shape index (κ3) is 2.08. The van der Waals surface area contributed by atoms with Crippen LogP contribution in [-0.2, 0) is 14.8 Å². The Morgan fingerprint density at radius 1 is 1.39 bits per heavy atom. The number of rotatable bonds is 3. The van der Waals surface area contributed by atoms with Crippen molar-refractivity contribution in [1.29, 1.82) is 0 Å². The van der Waals surface area contributed by atoms with Gasteiger partial charge in [0.05, 0.1) is 0 Å². The van der Waals surface area contributed by atoms with Crippen molar-refractivity contribution >= 4 is 21.8 Å².